The lowest BCUT2D eigenvalue weighted by Gasteiger charge is -2.06. The minimum Gasteiger partial charge on any atom is -0.490 e. The number of aromatic nitrogens is 1. The molecule has 3 aromatic rings. The zero-order valence-electron chi connectivity index (χ0n) is 11.4. The monoisotopic (exact) mass is 301 g/mol. The van der Waals surface area contributed by atoms with E-state index >= 15 is 0 Å². The van der Waals surface area contributed by atoms with Gasteiger partial charge in [-0.05, 0) is 36.8 Å². The summed E-state index contributed by atoms with van der Waals surface area (Å²) >= 11 is 5.88. The summed E-state index contributed by atoms with van der Waals surface area (Å²) in [5, 5.41) is 13.5. The van der Waals surface area contributed by atoms with Crippen molar-refractivity contribution in [2.24, 2.45) is 0 Å². The molecule has 0 aliphatic heterocycles. The van der Waals surface area contributed by atoms with Crippen molar-refractivity contribution in [3.8, 4) is 5.88 Å². The molecule has 0 unspecified atom stereocenters. The first-order chi connectivity index (χ1) is 10.1. The van der Waals surface area contributed by atoms with Gasteiger partial charge in [0.05, 0.1) is 17.4 Å². The second-order valence-corrected chi connectivity index (χ2v) is 5.47. The molecule has 2 N–H and O–H groups in total. The van der Waals surface area contributed by atoms with Crippen LogP contribution in [0.4, 0.5) is 5.69 Å². The average Bonchev–Trinajstić information content (AvgIpc) is 2.73. The molecule has 2 aromatic carbocycles. The molecule has 0 spiro atoms. The van der Waals surface area contributed by atoms with Gasteiger partial charge in [-0.25, -0.2) is 0 Å². The van der Waals surface area contributed by atoms with E-state index in [0.29, 0.717) is 11.6 Å². The standard InChI is InChI=1S/C16H13ClN2O2/c1-10-2-7-14-13(8-10)15(18-21)16(20)19(14)9-11-3-5-12(17)6-4-11/h2-8,20H,9H2,1H3/p+1. The lowest BCUT2D eigenvalue weighted by Crippen LogP contribution is -2.55. The van der Waals surface area contributed by atoms with Crippen molar-refractivity contribution in [2.75, 3.05) is 0 Å². The molecule has 21 heavy (non-hydrogen) atoms. The van der Waals surface area contributed by atoms with Gasteiger partial charge in [0.2, 0.25) is 0 Å². The third kappa shape index (κ3) is 2.38. The molecule has 3 rings (SSSR count). The first kappa shape index (κ1) is 13.6. The Labute approximate surface area is 126 Å². The Hall–Kier alpha value is -2.33. The number of nitrogens with zero attached hydrogens (tertiary/aromatic N) is 1. The molecule has 1 heterocycles. The Morgan fingerprint density at radius 2 is 1.90 bits per heavy atom. The van der Waals surface area contributed by atoms with E-state index in [4.69, 9.17) is 11.6 Å². The minimum atomic E-state index is -0.0550. The number of halogens is 1. The zero-order valence-corrected chi connectivity index (χ0v) is 12.2. The summed E-state index contributed by atoms with van der Waals surface area (Å²) in [6, 6.07) is 13.1. The van der Waals surface area contributed by atoms with Gasteiger partial charge in [0.1, 0.15) is 0 Å². The maximum absolute atomic E-state index is 11.1. The predicted molar refractivity (Wildman–Crippen MR) is 82.9 cm³/mol. The van der Waals surface area contributed by atoms with Crippen molar-refractivity contribution >= 4 is 28.2 Å². The van der Waals surface area contributed by atoms with E-state index in [2.05, 4.69) is 0 Å². The van der Waals surface area contributed by atoms with Gasteiger partial charge in [-0.3, -0.25) is 0 Å². The molecule has 0 fully saturated rings. The SMILES string of the molecule is Cc1ccc2c(c1)c([NH+]=O)c(O)n2Cc1ccc(Cl)cc1. The maximum atomic E-state index is 11.1. The highest BCUT2D eigenvalue weighted by Crippen LogP contribution is 2.33. The van der Waals surface area contributed by atoms with Gasteiger partial charge in [0.25, 0.3) is 5.88 Å². The van der Waals surface area contributed by atoms with Crippen molar-refractivity contribution in [1.29, 1.82) is 0 Å². The normalized spacial score (nSPS) is 11.0. The molecule has 4 nitrogen and oxygen atoms in total. The number of nitrogens with one attached hydrogen (secondary N) is 1. The van der Waals surface area contributed by atoms with Crippen LogP contribution in [0.25, 0.3) is 10.9 Å². The number of rotatable bonds is 3. The largest absolute Gasteiger partial charge is 0.490 e. The molecule has 0 amide bonds. The third-order valence-electron chi connectivity index (χ3n) is 3.55. The maximum Gasteiger partial charge on any atom is 0.322 e. The topological polar surface area (TPSA) is 56.2 Å². The Bertz CT molecular complexity index is 822. The third-order valence-corrected chi connectivity index (χ3v) is 3.80. The minimum absolute atomic E-state index is 0.0550. The fraction of sp³-hybridized carbons (Fsp3) is 0.125. The highest BCUT2D eigenvalue weighted by Gasteiger charge is 2.22. The van der Waals surface area contributed by atoms with Crippen LogP contribution in [-0.2, 0) is 6.54 Å². The van der Waals surface area contributed by atoms with Gasteiger partial charge in [-0.2, -0.15) is 0 Å². The highest BCUT2D eigenvalue weighted by molar-refractivity contribution is 6.30. The van der Waals surface area contributed by atoms with Crippen molar-refractivity contribution in [2.45, 2.75) is 13.5 Å². The summed E-state index contributed by atoms with van der Waals surface area (Å²) < 4.78 is 1.71. The second-order valence-electron chi connectivity index (χ2n) is 5.03. The number of fused-ring (bicyclic) bond motifs is 1. The Kier molecular flexibility index (Phi) is 3.39. The van der Waals surface area contributed by atoms with Crippen molar-refractivity contribution in [1.82, 2.24) is 4.57 Å². The molecular formula is C16H14ClN2O2+. The number of nitroso groups, excluding NO2 is 1. The lowest BCUT2D eigenvalue weighted by atomic mass is 10.1. The van der Waals surface area contributed by atoms with Crippen LogP contribution in [0.5, 0.6) is 5.88 Å². The Morgan fingerprint density at radius 3 is 2.57 bits per heavy atom. The Balaban J connectivity index is 2.15. The molecule has 0 saturated heterocycles. The number of hydrogen-bond acceptors (Lipinski definition) is 2. The smallest absolute Gasteiger partial charge is 0.322 e. The second kappa shape index (κ2) is 5.22. The highest BCUT2D eigenvalue weighted by atomic mass is 35.5. The first-order valence-corrected chi connectivity index (χ1v) is 6.92. The van der Waals surface area contributed by atoms with Crippen LogP contribution >= 0.6 is 11.6 Å². The van der Waals surface area contributed by atoms with Gasteiger partial charge in [-0.15, -0.1) is 0 Å². The summed E-state index contributed by atoms with van der Waals surface area (Å²) in [5.74, 6) is -0.0550. The van der Waals surface area contributed by atoms with E-state index in [1.165, 1.54) is 0 Å². The van der Waals surface area contributed by atoms with E-state index in [1.54, 1.807) is 16.7 Å². The zero-order chi connectivity index (χ0) is 15.0. The van der Waals surface area contributed by atoms with Crippen LogP contribution in [0.1, 0.15) is 11.1 Å². The predicted octanol–water partition coefficient (Wildman–Crippen LogP) is 2.84. The Morgan fingerprint density at radius 1 is 1.19 bits per heavy atom. The molecule has 1 aromatic heterocycles. The van der Waals surface area contributed by atoms with Gasteiger partial charge in [-0.1, -0.05) is 35.4 Å². The number of hydrogen-bond donors (Lipinski definition) is 2. The molecular weight excluding hydrogens is 288 g/mol. The fourth-order valence-corrected chi connectivity index (χ4v) is 2.61. The van der Waals surface area contributed by atoms with Gasteiger partial charge >= 0.3 is 5.69 Å². The molecule has 0 radical (unpaired) electrons. The van der Waals surface area contributed by atoms with Crippen LogP contribution < -0.4 is 5.18 Å². The van der Waals surface area contributed by atoms with E-state index in [-0.39, 0.29) is 11.6 Å². The summed E-state index contributed by atoms with van der Waals surface area (Å²) in [4.78, 5) is 11.1. The van der Waals surface area contributed by atoms with Gasteiger partial charge in [0, 0.05) is 15.1 Å². The van der Waals surface area contributed by atoms with Crippen molar-refractivity contribution < 1.29 is 10.3 Å². The van der Waals surface area contributed by atoms with Gasteiger partial charge < -0.3 is 9.67 Å². The van der Waals surface area contributed by atoms with Crippen LogP contribution in [0.3, 0.4) is 0 Å². The first-order valence-electron chi connectivity index (χ1n) is 6.54. The average molecular weight is 302 g/mol. The summed E-state index contributed by atoms with van der Waals surface area (Å²) in [7, 11) is 0. The number of aromatic hydroxyl groups is 1. The van der Waals surface area contributed by atoms with Crippen molar-refractivity contribution in [3.05, 3.63) is 63.5 Å². The van der Waals surface area contributed by atoms with Crippen LogP contribution in [0.2, 0.25) is 5.02 Å². The van der Waals surface area contributed by atoms with E-state index in [9.17, 15) is 10.0 Å². The molecule has 0 bridgehead atoms. The van der Waals surface area contributed by atoms with E-state index in [0.717, 1.165) is 22.0 Å². The van der Waals surface area contributed by atoms with E-state index in [1.807, 2.05) is 42.4 Å². The van der Waals surface area contributed by atoms with Gasteiger partial charge in [0.15, 0.2) is 0 Å². The number of benzene rings is 2. The molecule has 0 saturated carbocycles. The number of aryl methyl sites for hydroxylation is 1. The van der Waals surface area contributed by atoms with Crippen molar-refractivity contribution in [3.63, 3.8) is 0 Å². The van der Waals surface area contributed by atoms with Crippen LogP contribution in [-0.4, -0.2) is 9.67 Å². The summed E-state index contributed by atoms with van der Waals surface area (Å²) in [6.45, 7) is 2.41. The molecule has 0 aliphatic carbocycles. The van der Waals surface area contributed by atoms with E-state index < -0.39 is 0 Å². The molecule has 0 atom stereocenters. The van der Waals surface area contributed by atoms with Crippen LogP contribution in [0.15, 0.2) is 42.5 Å². The van der Waals surface area contributed by atoms with Crippen LogP contribution in [0, 0.1) is 11.8 Å². The fourth-order valence-electron chi connectivity index (χ4n) is 2.49. The summed E-state index contributed by atoms with van der Waals surface area (Å²) in [6.07, 6.45) is 0. The molecule has 106 valence electrons. The summed E-state index contributed by atoms with van der Waals surface area (Å²) in [5.41, 5.74) is 3.04. The molecule has 0 aliphatic rings. The quantitative estimate of drug-likeness (QED) is 0.781. The molecule has 5 heteroatoms. The lowest BCUT2D eigenvalue weighted by molar-refractivity contribution is -0.378.